The Labute approximate surface area is 290 Å². The predicted molar refractivity (Wildman–Crippen MR) is 184 cm³/mol. The largest absolute Gasteiger partial charge is 0.506 e. The zero-order valence-corrected chi connectivity index (χ0v) is 30.4. The highest BCUT2D eigenvalue weighted by molar-refractivity contribution is 7.46. The van der Waals surface area contributed by atoms with Gasteiger partial charge in [-0.3, -0.25) is 23.7 Å². The molecular formula is C33H48N5O9PS. The van der Waals surface area contributed by atoms with E-state index >= 15 is 0 Å². The number of benzene rings is 1. The zero-order chi connectivity index (χ0) is 35.7. The van der Waals surface area contributed by atoms with Crippen LogP contribution in [0.3, 0.4) is 0 Å². The Morgan fingerprint density at radius 3 is 2.61 bits per heavy atom. The molecule has 3 aliphatic rings. The van der Waals surface area contributed by atoms with Crippen molar-refractivity contribution in [1.29, 1.82) is 0 Å². The average molecular weight is 722 g/mol. The summed E-state index contributed by atoms with van der Waals surface area (Å²) < 4.78 is 16.3. The number of phenols is 1. The van der Waals surface area contributed by atoms with Crippen LogP contribution in [-0.2, 0) is 28.3 Å². The quantitative estimate of drug-likeness (QED) is 0.165. The molecule has 4 heterocycles. The lowest BCUT2D eigenvalue weighted by molar-refractivity contribution is -0.275. The number of fused-ring (bicyclic) bond motifs is 2. The number of para-hydroxylation sites is 1. The third-order valence-electron chi connectivity index (χ3n) is 8.93. The highest BCUT2D eigenvalue weighted by Gasteiger charge is 2.54. The summed E-state index contributed by atoms with van der Waals surface area (Å²) in [5.74, 6) is -0.750. The van der Waals surface area contributed by atoms with Gasteiger partial charge in [0, 0.05) is 25.2 Å². The fraction of sp³-hybridized carbons (Fsp3) is 0.636. The standard InChI is InChI=1S/C33H48N5O9PS/c1-21(2)17-25-32(42)37-23(18-33(3,4)5)31(41)36(22-13-15-35(19-22)14-6-7-16-46-48(43,44)45)20-28(37)38(47-25)29(40)12-11-27-34-30-24(39)9-8-10-26(30)49-27/h8-12,21-23,25,28,39H,6-7,13-20H2,1-5H3,(H2,43,44,45)/b12-11+/t22-,23-,25+,28-/m0/s1. The van der Waals surface area contributed by atoms with Crippen molar-refractivity contribution in [3.63, 3.8) is 0 Å². The second kappa shape index (κ2) is 15.1. The molecule has 2 aromatic rings. The van der Waals surface area contributed by atoms with Crippen LogP contribution in [0.25, 0.3) is 16.3 Å². The van der Waals surface area contributed by atoms with Crippen LogP contribution in [0.2, 0.25) is 0 Å². The first-order valence-corrected chi connectivity index (χ1v) is 19.2. The number of phosphoric acid groups is 1. The molecule has 1 aromatic carbocycles. The number of thiazole rings is 1. The fourth-order valence-corrected chi connectivity index (χ4v) is 8.03. The van der Waals surface area contributed by atoms with Gasteiger partial charge in [-0.25, -0.2) is 9.55 Å². The summed E-state index contributed by atoms with van der Waals surface area (Å²) in [5, 5.41) is 12.0. The van der Waals surface area contributed by atoms with E-state index in [9.17, 15) is 24.1 Å². The van der Waals surface area contributed by atoms with E-state index in [4.69, 9.17) is 14.6 Å². The number of carbonyl (C=O) groups is 3. The number of piperazine rings is 1. The predicted octanol–water partition coefficient (Wildman–Crippen LogP) is 3.97. The minimum atomic E-state index is -4.50. The Bertz CT molecular complexity index is 1600. The number of amides is 3. The van der Waals surface area contributed by atoms with Crippen LogP contribution in [0.15, 0.2) is 24.3 Å². The number of likely N-dealkylation sites (tertiary alicyclic amines) is 1. The van der Waals surface area contributed by atoms with Gasteiger partial charge in [0.2, 0.25) is 5.91 Å². The normalized spacial score (nSPS) is 24.2. The number of hydrogen-bond acceptors (Lipinski definition) is 10. The molecule has 5 rings (SSSR count). The maximum absolute atomic E-state index is 14.4. The first-order valence-electron chi connectivity index (χ1n) is 16.8. The molecule has 4 atom stereocenters. The number of unbranched alkanes of at least 4 members (excludes halogenated alkanes) is 1. The number of nitrogens with zero attached hydrogens (tertiary/aromatic N) is 5. The second-order valence-electron chi connectivity index (χ2n) is 14.7. The molecule has 270 valence electrons. The molecule has 0 spiro atoms. The maximum atomic E-state index is 14.4. The first-order chi connectivity index (χ1) is 23.0. The van der Waals surface area contributed by atoms with E-state index < -0.39 is 32.0 Å². The Balaban J connectivity index is 1.38. The van der Waals surface area contributed by atoms with Crippen LogP contribution in [0, 0.1) is 11.3 Å². The topological polar surface area (TPSA) is 173 Å². The Hall–Kier alpha value is -2.91. The number of phenolic OH excluding ortho intramolecular Hbond substituents is 1. The molecule has 0 aliphatic carbocycles. The van der Waals surface area contributed by atoms with Crippen molar-refractivity contribution in [2.45, 2.75) is 91.1 Å². The van der Waals surface area contributed by atoms with Crippen LogP contribution in [0.4, 0.5) is 0 Å². The summed E-state index contributed by atoms with van der Waals surface area (Å²) in [4.78, 5) is 76.6. The molecule has 14 nitrogen and oxygen atoms in total. The first kappa shape index (κ1) is 37.3. The molecule has 49 heavy (non-hydrogen) atoms. The van der Waals surface area contributed by atoms with Crippen molar-refractivity contribution in [3.8, 4) is 5.75 Å². The number of aromatic hydroxyl groups is 1. The number of carbonyl (C=O) groups excluding carboxylic acids is 3. The van der Waals surface area contributed by atoms with Gasteiger partial charge >= 0.3 is 7.82 Å². The average Bonchev–Trinajstić information content (AvgIpc) is 3.65. The summed E-state index contributed by atoms with van der Waals surface area (Å²) in [7, 11) is -4.50. The van der Waals surface area contributed by atoms with Crippen molar-refractivity contribution in [2.75, 3.05) is 32.8 Å². The molecule has 0 saturated carbocycles. The molecule has 1 aromatic heterocycles. The number of hydroxylamine groups is 2. The van der Waals surface area contributed by atoms with Crippen molar-refractivity contribution in [3.05, 3.63) is 29.3 Å². The third kappa shape index (κ3) is 9.26. The van der Waals surface area contributed by atoms with E-state index in [1.807, 2.05) is 45.6 Å². The SMILES string of the molecule is CC(C)C[C@H]1ON(C(=O)/C=C/c2nc3c(O)cccc3s2)[C@H]2CN([C@H]3CCN(CCCCOP(=O)(O)O)C3)C(=O)[C@H](CC(C)(C)C)N2C1=O. The van der Waals surface area contributed by atoms with E-state index in [1.54, 1.807) is 23.1 Å². The molecular weight excluding hydrogens is 673 g/mol. The molecule has 3 N–H and O–H groups in total. The number of rotatable bonds is 12. The smallest absolute Gasteiger partial charge is 0.469 e. The fourth-order valence-electron chi connectivity index (χ4n) is 6.77. The van der Waals surface area contributed by atoms with Crippen LogP contribution in [0.5, 0.6) is 5.75 Å². The minimum Gasteiger partial charge on any atom is -0.506 e. The summed E-state index contributed by atoms with van der Waals surface area (Å²) >= 11 is 1.33. The van der Waals surface area contributed by atoms with Crippen LogP contribution in [0.1, 0.15) is 71.7 Å². The van der Waals surface area contributed by atoms with Crippen LogP contribution < -0.4 is 0 Å². The maximum Gasteiger partial charge on any atom is 0.469 e. The van der Waals surface area contributed by atoms with Crippen molar-refractivity contribution < 1.29 is 43.2 Å². The Kier molecular flexibility index (Phi) is 11.5. The molecule has 3 aliphatic heterocycles. The van der Waals surface area contributed by atoms with Gasteiger partial charge in [0.1, 0.15) is 22.3 Å². The van der Waals surface area contributed by atoms with E-state index in [2.05, 4.69) is 14.4 Å². The van der Waals surface area contributed by atoms with Crippen molar-refractivity contribution >= 4 is 53.2 Å². The van der Waals surface area contributed by atoms with E-state index in [0.29, 0.717) is 55.7 Å². The molecule has 0 radical (unpaired) electrons. The lowest BCUT2D eigenvalue weighted by Gasteiger charge is -2.54. The number of aromatic nitrogens is 1. The van der Waals surface area contributed by atoms with E-state index in [1.165, 1.54) is 22.5 Å². The molecule has 3 amide bonds. The molecule has 0 bridgehead atoms. The van der Waals surface area contributed by atoms with E-state index in [0.717, 1.165) is 11.2 Å². The minimum absolute atomic E-state index is 0.0380. The van der Waals surface area contributed by atoms with Crippen molar-refractivity contribution in [1.82, 2.24) is 24.7 Å². The van der Waals surface area contributed by atoms with Crippen LogP contribution in [-0.4, -0.2) is 115 Å². The monoisotopic (exact) mass is 721 g/mol. The lowest BCUT2D eigenvalue weighted by Crippen LogP contribution is -2.74. The van der Waals surface area contributed by atoms with Gasteiger partial charge in [-0.1, -0.05) is 40.7 Å². The molecule has 16 heteroatoms. The molecule has 0 unspecified atom stereocenters. The summed E-state index contributed by atoms with van der Waals surface area (Å²) in [6, 6.07) is 4.20. The van der Waals surface area contributed by atoms with Crippen LogP contribution >= 0.6 is 19.2 Å². The Morgan fingerprint density at radius 2 is 1.94 bits per heavy atom. The number of phosphoric ester groups is 1. The second-order valence-corrected chi connectivity index (χ2v) is 17.0. The molecule has 3 fully saturated rings. The highest BCUT2D eigenvalue weighted by atomic mass is 32.1. The van der Waals surface area contributed by atoms with Gasteiger partial charge in [0.25, 0.3) is 11.8 Å². The summed E-state index contributed by atoms with van der Waals surface area (Å²) in [6.07, 6.45) is 3.83. The van der Waals surface area contributed by atoms with Gasteiger partial charge in [-0.2, -0.15) is 5.06 Å². The summed E-state index contributed by atoms with van der Waals surface area (Å²) in [5.41, 5.74) is 0.151. The lowest BCUT2D eigenvalue weighted by atomic mass is 9.85. The van der Waals surface area contributed by atoms with Gasteiger partial charge in [0.05, 0.1) is 17.9 Å². The van der Waals surface area contributed by atoms with Gasteiger partial charge in [0.15, 0.2) is 12.3 Å². The summed E-state index contributed by atoms with van der Waals surface area (Å²) in [6.45, 7) is 12.1. The van der Waals surface area contributed by atoms with E-state index in [-0.39, 0.29) is 48.1 Å². The van der Waals surface area contributed by atoms with Crippen molar-refractivity contribution in [2.24, 2.45) is 11.3 Å². The van der Waals surface area contributed by atoms with Gasteiger partial charge in [-0.05, 0) is 68.2 Å². The Morgan fingerprint density at radius 1 is 1.18 bits per heavy atom. The van der Waals surface area contributed by atoms with Gasteiger partial charge < -0.3 is 29.6 Å². The van der Waals surface area contributed by atoms with Gasteiger partial charge in [-0.15, -0.1) is 11.3 Å². The highest BCUT2D eigenvalue weighted by Crippen LogP contribution is 2.37. The number of hydrogen-bond donors (Lipinski definition) is 3. The zero-order valence-electron chi connectivity index (χ0n) is 28.7. The third-order valence-corrected chi connectivity index (χ3v) is 10.4. The molecule has 3 saturated heterocycles.